The third-order valence-electron chi connectivity index (χ3n) is 3.19. The van der Waals surface area contributed by atoms with Gasteiger partial charge in [0.05, 0.1) is 6.04 Å². The van der Waals surface area contributed by atoms with Crippen LogP contribution in [0.5, 0.6) is 0 Å². The highest BCUT2D eigenvalue weighted by atomic mass is 16.4. The van der Waals surface area contributed by atoms with Crippen LogP contribution in [-0.4, -0.2) is 22.8 Å². The third-order valence-corrected chi connectivity index (χ3v) is 3.19. The number of hydrogen-bond donors (Lipinski definition) is 1. The van der Waals surface area contributed by atoms with E-state index in [2.05, 4.69) is 17.1 Å². The zero-order valence-electron chi connectivity index (χ0n) is 10.5. The van der Waals surface area contributed by atoms with Crippen LogP contribution in [0.25, 0.3) is 0 Å². The Balaban J connectivity index is 2.01. The van der Waals surface area contributed by atoms with Crippen LogP contribution >= 0.6 is 0 Å². The first-order valence-electron chi connectivity index (χ1n) is 6.19. The summed E-state index contributed by atoms with van der Waals surface area (Å²) in [4.78, 5) is 15.4. The number of carbonyl (C=O) groups is 1. The zero-order chi connectivity index (χ0) is 13.0. The molecule has 94 valence electrons. The number of nitrogens with zero attached hydrogens (tertiary/aromatic N) is 1. The van der Waals surface area contributed by atoms with Gasteiger partial charge < -0.3 is 5.11 Å². The average Bonchev–Trinajstić information content (AvgIpc) is 2.85. The molecule has 1 aliphatic heterocycles. The Morgan fingerprint density at radius 2 is 2.17 bits per heavy atom. The molecule has 0 saturated carbocycles. The van der Waals surface area contributed by atoms with E-state index in [9.17, 15) is 4.79 Å². The molecule has 1 heterocycles. The molecule has 0 fully saturated rings. The van der Waals surface area contributed by atoms with Crippen LogP contribution in [0.4, 0.5) is 0 Å². The minimum atomic E-state index is -0.847. The molecule has 3 nitrogen and oxygen atoms in total. The normalized spacial score (nSPS) is 19.7. The summed E-state index contributed by atoms with van der Waals surface area (Å²) in [7, 11) is 0. The zero-order valence-corrected chi connectivity index (χ0v) is 10.5. The van der Waals surface area contributed by atoms with Gasteiger partial charge in [0.25, 0.3) is 0 Å². The van der Waals surface area contributed by atoms with Crippen molar-refractivity contribution in [3.05, 3.63) is 47.5 Å². The Morgan fingerprint density at radius 1 is 1.44 bits per heavy atom. The summed E-state index contributed by atoms with van der Waals surface area (Å²) in [6, 6.07) is 10.4. The number of aliphatic carboxylic acids is 1. The van der Waals surface area contributed by atoms with E-state index in [-0.39, 0.29) is 6.04 Å². The minimum Gasteiger partial charge on any atom is -0.478 e. The molecule has 1 aromatic rings. The van der Waals surface area contributed by atoms with Gasteiger partial charge in [-0.05, 0) is 31.7 Å². The Kier molecular flexibility index (Phi) is 3.92. The Morgan fingerprint density at radius 3 is 2.83 bits per heavy atom. The second-order valence-electron chi connectivity index (χ2n) is 4.56. The maximum Gasteiger partial charge on any atom is 0.330 e. The molecule has 1 aliphatic rings. The summed E-state index contributed by atoms with van der Waals surface area (Å²) in [5.74, 6) is -0.847. The first-order valence-corrected chi connectivity index (χ1v) is 6.19. The first-order chi connectivity index (χ1) is 8.66. The Labute approximate surface area is 107 Å². The van der Waals surface area contributed by atoms with Crippen LogP contribution in [0.2, 0.25) is 0 Å². The lowest BCUT2D eigenvalue weighted by molar-refractivity contribution is -0.132. The lowest BCUT2D eigenvalue weighted by Crippen LogP contribution is -2.00. The Hall–Kier alpha value is -1.90. The molecular weight excluding hydrogens is 226 g/mol. The van der Waals surface area contributed by atoms with Crippen molar-refractivity contribution in [3.63, 3.8) is 0 Å². The van der Waals surface area contributed by atoms with E-state index >= 15 is 0 Å². The van der Waals surface area contributed by atoms with Crippen LogP contribution in [0.1, 0.15) is 31.7 Å². The van der Waals surface area contributed by atoms with Gasteiger partial charge >= 0.3 is 5.97 Å². The van der Waals surface area contributed by atoms with Gasteiger partial charge in [-0.2, -0.15) is 0 Å². The molecule has 0 saturated heterocycles. The summed E-state index contributed by atoms with van der Waals surface area (Å²) >= 11 is 0. The van der Waals surface area contributed by atoms with Gasteiger partial charge in [-0.25, -0.2) is 4.79 Å². The van der Waals surface area contributed by atoms with Gasteiger partial charge in [-0.1, -0.05) is 36.4 Å². The highest BCUT2D eigenvalue weighted by Gasteiger charge is 2.17. The summed E-state index contributed by atoms with van der Waals surface area (Å²) in [5.41, 5.74) is 2.72. The molecule has 1 unspecified atom stereocenters. The molecule has 0 aliphatic carbocycles. The molecule has 3 heteroatoms. The molecule has 1 N–H and O–H groups in total. The highest BCUT2D eigenvalue weighted by molar-refractivity contribution is 6.01. The average molecular weight is 243 g/mol. The van der Waals surface area contributed by atoms with Crippen molar-refractivity contribution < 1.29 is 9.90 Å². The number of rotatable bonds is 4. The largest absolute Gasteiger partial charge is 0.478 e. The number of carboxylic acid groups (broad SMARTS) is 1. The number of hydrogen-bond acceptors (Lipinski definition) is 2. The second kappa shape index (κ2) is 5.63. The SMILES string of the molecule is C/C(=C\CC1CCC(c2ccccc2)=N1)C(=O)O. The van der Waals surface area contributed by atoms with Crippen molar-refractivity contribution in [1.82, 2.24) is 0 Å². The number of aliphatic imine (C=N–C) groups is 1. The quantitative estimate of drug-likeness (QED) is 0.826. The molecule has 1 aromatic carbocycles. The predicted molar refractivity (Wildman–Crippen MR) is 72.0 cm³/mol. The molecule has 2 rings (SSSR count). The highest BCUT2D eigenvalue weighted by Crippen LogP contribution is 2.21. The molecular formula is C15H17NO2. The summed E-state index contributed by atoms with van der Waals surface area (Å²) in [6.07, 6.45) is 4.47. The van der Waals surface area contributed by atoms with Crippen LogP contribution in [0, 0.1) is 0 Å². The van der Waals surface area contributed by atoms with Gasteiger partial charge in [-0.3, -0.25) is 4.99 Å². The van der Waals surface area contributed by atoms with Crippen LogP contribution in [0.15, 0.2) is 47.0 Å². The van der Waals surface area contributed by atoms with Gasteiger partial charge in [0, 0.05) is 11.3 Å². The summed E-state index contributed by atoms with van der Waals surface area (Å²) in [6.45, 7) is 1.62. The van der Waals surface area contributed by atoms with E-state index < -0.39 is 5.97 Å². The lowest BCUT2D eigenvalue weighted by atomic mass is 10.1. The van der Waals surface area contributed by atoms with Crippen molar-refractivity contribution in [3.8, 4) is 0 Å². The monoisotopic (exact) mass is 243 g/mol. The van der Waals surface area contributed by atoms with Crippen molar-refractivity contribution in [2.45, 2.75) is 32.2 Å². The second-order valence-corrected chi connectivity index (χ2v) is 4.56. The predicted octanol–water partition coefficient (Wildman–Crippen LogP) is 3.06. The molecule has 0 amide bonds. The minimum absolute atomic E-state index is 0.231. The maximum atomic E-state index is 10.7. The standard InChI is InChI=1S/C15H17NO2/c1-11(15(17)18)7-8-13-9-10-14(16-13)12-5-3-2-4-6-12/h2-7,13H,8-10H2,1H3,(H,17,18)/b11-7+. The smallest absolute Gasteiger partial charge is 0.330 e. The van der Waals surface area contributed by atoms with Gasteiger partial charge in [0.15, 0.2) is 0 Å². The fraction of sp³-hybridized carbons (Fsp3) is 0.333. The lowest BCUT2D eigenvalue weighted by Gasteiger charge is -2.02. The van der Waals surface area contributed by atoms with E-state index in [0.29, 0.717) is 12.0 Å². The maximum absolute atomic E-state index is 10.7. The Bertz CT molecular complexity index is 488. The van der Waals surface area contributed by atoms with E-state index in [0.717, 1.165) is 18.6 Å². The first kappa shape index (κ1) is 12.6. The summed E-state index contributed by atoms with van der Waals surface area (Å²) < 4.78 is 0. The number of benzene rings is 1. The van der Waals surface area contributed by atoms with E-state index in [1.54, 1.807) is 13.0 Å². The molecule has 18 heavy (non-hydrogen) atoms. The fourth-order valence-corrected chi connectivity index (χ4v) is 2.07. The van der Waals surface area contributed by atoms with Gasteiger partial charge in [0.1, 0.15) is 0 Å². The molecule has 1 atom stereocenters. The van der Waals surface area contributed by atoms with Crippen LogP contribution < -0.4 is 0 Å². The van der Waals surface area contributed by atoms with Crippen molar-refractivity contribution in [2.75, 3.05) is 0 Å². The topological polar surface area (TPSA) is 49.7 Å². The van der Waals surface area contributed by atoms with E-state index in [1.165, 1.54) is 5.56 Å². The third kappa shape index (κ3) is 3.06. The van der Waals surface area contributed by atoms with E-state index in [1.807, 2.05) is 18.2 Å². The van der Waals surface area contributed by atoms with Crippen molar-refractivity contribution in [1.29, 1.82) is 0 Å². The number of carboxylic acids is 1. The molecule has 0 radical (unpaired) electrons. The fourth-order valence-electron chi connectivity index (χ4n) is 2.07. The molecule has 0 aromatic heterocycles. The van der Waals surface area contributed by atoms with Crippen molar-refractivity contribution >= 4 is 11.7 Å². The van der Waals surface area contributed by atoms with Crippen molar-refractivity contribution in [2.24, 2.45) is 4.99 Å². The summed E-state index contributed by atoms with van der Waals surface area (Å²) in [5, 5.41) is 8.78. The van der Waals surface area contributed by atoms with Gasteiger partial charge in [-0.15, -0.1) is 0 Å². The van der Waals surface area contributed by atoms with Crippen LogP contribution in [-0.2, 0) is 4.79 Å². The molecule has 0 bridgehead atoms. The van der Waals surface area contributed by atoms with Crippen LogP contribution in [0.3, 0.4) is 0 Å². The molecule has 0 spiro atoms. The van der Waals surface area contributed by atoms with Gasteiger partial charge in [0.2, 0.25) is 0 Å². The van der Waals surface area contributed by atoms with E-state index in [4.69, 9.17) is 5.11 Å².